The van der Waals surface area contributed by atoms with Crippen LogP contribution in [0.2, 0.25) is 0 Å². The van der Waals surface area contributed by atoms with Crippen LogP contribution >= 0.6 is 0 Å². The van der Waals surface area contributed by atoms with Crippen LogP contribution in [0, 0.1) is 0 Å². The highest BCUT2D eigenvalue weighted by atomic mass is 16.2. The minimum atomic E-state index is -0.538. The predicted molar refractivity (Wildman–Crippen MR) is 90.3 cm³/mol. The fourth-order valence-electron chi connectivity index (χ4n) is 3.19. The number of fused-ring (bicyclic) bond motifs is 2. The fourth-order valence-corrected chi connectivity index (χ4v) is 3.19. The lowest BCUT2D eigenvalue weighted by atomic mass is 10.0. The van der Waals surface area contributed by atoms with Crippen molar-refractivity contribution in [1.29, 1.82) is 0 Å². The van der Waals surface area contributed by atoms with Crippen LogP contribution in [0.4, 0.5) is 16.2 Å². The number of rotatable bonds is 2. The molecule has 2 aliphatic rings. The zero-order valence-corrected chi connectivity index (χ0v) is 13.4. The molecule has 0 aliphatic carbocycles. The molecule has 0 atom stereocenters. The van der Waals surface area contributed by atoms with Gasteiger partial charge in [-0.05, 0) is 42.3 Å². The SMILES string of the molecule is CC(=O)N1CCc2c(C(=O)Nc3ccc4c(c3)=NC(=O)N=4)cccc21. The molecule has 25 heavy (non-hydrogen) atoms. The van der Waals surface area contributed by atoms with E-state index >= 15 is 0 Å². The number of benzene rings is 2. The van der Waals surface area contributed by atoms with Crippen molar-refractivity contribution in [2.45, 2.75) is 13.3 Å². The van der Waals surface area contributed by atoms with Gasteiger partial charge < -0.3 is 10.2 Å². The van der Waals surface area contributed by atoms with Gasteiger partial charge in [-0.15, -0.1) is 0 Å². The molecule has 0 bridgehead atoms. The second-order valence-electron chi connectivity index (χ2n) is 5.89. The van der Waals surface area contributed by atoms with Gasteiger partial charge in [0.2, 0.25) is 5.91 Å². The number of hydrogen-bond acceptors (Lipinski definition) is 3. The number of nitrogens with zero attached hydrogens (tertiary/aromatic N) is 3. The van der Waals surface area contributed by atoms with E-state index < -0.39 is 6.03 Å². The van der Waals surface area contributed by atoms with E-state index in [4.69, 9.17) is 0 Å². The Labute approximate surface area is 142 Å². The average Bonchev–Trinajstić information content (AvgIpc) is 3.16. The molecule has 7 nitrogen and oxygen atoms in total. The summed E-state index contributed by atoms with van der Waals surface area (Å²) in [4.78, 5) is 44.8. The van der Waals surface area contributed by atoms with Gasteiger partial charge in [-0.3, -0.25) is 9.59 Å². The number of hydrogen-bond donors (Lipinski definition) is 1. The lowest BCUT2D eigenvalue weighted by Gasteiger charge is -2.15. The Morgan fingerprint density at radius 3 is 2.72 bits per heavy atom. The summed E-state index contributed by atoms with van der Waals surface area (Å²) < 4.78 is 0. The normalized spacial score (nSPS) is 14.4. The molecular formula is C18H14N4O3. The molecule has 0 radical (unpaired) electrons. The van der Waals surface area contributed by atoms with Crippen molar-refractivity contribution in [3.63, 3.8) is 0 Å². The van der Waals surface area contributed by atoms with E-state index in [1.54, 1.807) is 35.2 Å². The highest BCUT2D eigenvalue weighted by Gasteiger charge is 2.26. The molecule has 0 spiro atoms. The van der Waals surface area contributed by atoms with Crippen molar-refractivity contribution in [3.8, 4) is 0 Å². The van der Waals surface area contributed by atoms with E-state index in [1.807, 2.05) is 6.07 Å². The molecule has 0 aromatic heterocycles. The van der Waals surface area contributed by atoms with Gasteiger partial charge in [0.05, 0.1) is 10.7 Å². The van der Waals surface area contributed by atoms with Crippen molar-refractivity contribution in [1.82, 2.24) is 0 Å². The van der Waals surface area contributed by atoms with Crippen molar-refractivity contribution in [2.24, 2.45) is 9.98 Å². The largest absolute Gasteiger partial charge is 0.368 e. The van der Waals surface area contributed by atoms with Gasteiger partial charge in [0.15, 0.2) is 0 Å². The smallest absolute Gasteiger partial charge is 0.322 e. The van der Waals surface area contributed by atoms with Gasteiger partial charge in [-0.25, -0.2) is 4.79 Å². The molecule has 124 valence electrons. The molecule has 2 heterocycles. The van der Waals surface area contributed by atoms with Crippen LogP contribution in [0.15, 0.2) is 46.4 Å². The van der Waals surface area contributed by atoms with Gasteiger partial charge in [-0.2, -0.15) is 9.98 Å². The highest BCUT2D eigenvalue weighted by molar-refractivity contribution is 6.07. The standard InChI is InChI=1S/C18H14N4O3/c1-10(23)22-8-7-12-13(3-2-4-16(12)22)17(24)19-11-5-6-14-15(9-11)21-18(25)20-14/h2-6,9H,7-8H2,1H3,(H,19,24). The maximum atomic E-state index is 12.7. The maximum absolute atomic E-state index is 12.7. The fraction of sp³-hybridized carbons (Fsp3) is 0.167. The summed E-state index contributed by atoms with van der Waals surface area (Å²) in [7, 11) is 0. The van der Waals surface area contributed by atoms with Crippen LogP contribution in [0.3, 0.4) is 0 Å². The maximum Gasteiger partial charge on any atom is 0.368 e. The molecule has 0 saturated carbocycles. The number of carbonyl (C=O) groups excluding carboxylic acids is 3. The second-order valence-corrected chi connectivity index (χ2v) is 5.89. The summed E-state index contributed by atoms with van der Waals surface area (Å²) in [5.41, 5.74) is 2.73. The minimum absolute atomic E-state index is 0.0371. The summed E-state index contributed by atoms with van der Waals surface area (Å²) >= 11 is 0. The van der Waals surface area contributed by atoms with Crippen LogP contribution in [-0.4, -0.2) is 24.4 Å². The molecule has 4 rings (SSSR count). The Kier molecular flexibility index (Phi) is 3.42. The van der Waals surface area contributed by atoms with Gasteiger partial charge in [0.1, 0.15) is 0 Å². The minimum Gasteiger partial charge on any atom is -0.322 e. The third-order valence-electron chi connectivity index (χ3n) is 4.32. The Hall–Kier alpha value is -3.35. The second kappa shape index (κ2) is 5.62. The molecular weight excluding hydrogens is 320 g/mol. The van der Waals surface area contributed by atoms with Crippen LogP contribution < -0.4 is 20.9 Å². The number of nitrogens with one attached hydrogen (secondary N) is 1. The Bertz CT molecular complexity index is 1060. The summed E-state index contributed by atoms with van der Waals surface area (Å²) in [6.07, 6.45) is 0.644. The average molecular weight is 334 g/mol. The Morgan fingerprint density at radius 1 is 1.12 bits per heavy atom. The quantitative estimate of drug-likeness (QED) is 0.895. The molecule has 1 N–H and O–H groups in total. The van der Waals surface area contributed by atoms with Gasteiger partial charge in [0.25, 0.3) is 5.91 Å². The zero-order valence-electron chi connectivity index (χ0n) is 13.4. The molecule has 2 aromatic rings. The van der Waals surface area contributed by atoms with E-state index in [0.717, 1.165) is 11.3 Å². The number of carbonyl (C=O) groups is 3. The summed E-state index contributed by atoms with van der Waals surface area (Å²) in [6, 6.07) is 9.77. The first-order valence-electron chi connectivity index (χ1n) is 7.86. The van der Waals surface area contributed by atoms with Crippen LogP contribution in [0.25, 0.3) is 0 Å². The van der Waals surface area contributed by atoms with Crippen molar-refractivity contribution in [3.05, 3.63) is 58.2 Å². The molecule has 0 fully saturated rings. The molecule has 4 amide bonds. The van der Waals surface area contributed by atoms with Gasteiger partial charge in [0, 0.05) is 30.4 Å². The third kappa shape index (κ3) is 2.59. The Morgan fingerprint density at radius 2 is 1.92 bits per heavy atom. The van der Waals surface area contributed by atoms with E-state index in [9.17, 15) is 14.4 Å². The Balaban J connectivity index is 1.65. The van der Waals surface area contributed by atoms with E-state index in [2.05, 4.69) is 15.3 Å². The molecule has 0 unspecified atom stereocenters. The summed E-state index contributed by atoms with van der Waals surface area (Å²) in [6.45, 7) is 2.10. The lowest BCUT2D eigenvalue weighted by Crippen LogP contribution is -2.25. The van der Waals surface area contributed by atoms with Crippen molar-refractivity contribution >= 4 is 29.2 Å². The number of urea groups is 1. The molecule has 2 aliphatic heterocycles. The lowest BCUT2D eigenvalue weighted by molar-refractivity contribution is -0.116. The third-order valence-corrected chi connectivity index (χ3v) is 4.32. The number of amides is 4. The van der Waals surface area contributed by atoms with Crippen molar-refractivity contribution in [2.75, 3.05) is 16.8 Å². The van der Waals surface area contributed by atoms with Gasteiger partial charge >= 0.3 is 6.03 Å². The predicted octanol–water partition coefficient (Wildman–Crippen LogP) is 1.22. The molecule has 7 heteroatoms. The molecule has 0 saturated heterocycles. The first-order valence-corrected chi connectivity index (χ1v) is 7.86. The monoisotopic (exact) mass is 334 g/mol. The summed E-state index contributed by atoms with van der Waals surface area (Å²) in [5, 5.41) is 3.77. The van der Waals surface area contributed by atoms with Crippen molar-refractivity contribution < 1.29 is 14.4 Å². The van der Waals surface area contributed by atoms with Gasteiger partial charge in [-0.1, -0.05) is 6.07 Å². The topological polar surface area (TPSA) is 91.2 Å². The van der Waals surface area contributed by atoms with E-state index in [0.29, 0.717) is 34.9 Å². The highest BCUT2D eigenvalue weighted by Crippen LogP contribution is 2.31. The summed E-state index contributed by atoms with van der Waals surface area (Å²) in [5.74, 6) is -0.298. The van der Waals surface area contributed by atoms with E-state index in [-0.39, 0.29) is 11.8 Å². The zero-order chi connectivity index (χ0) is 17.6. The number of anilines is 2. The first kappa shape index (κ1) is 15.2. The van der Waals surface area contributed by atoms with Crippen LogP contribution in [0.1, 0.15) is 22.8 Å². The molecule has 2 aromatic carbocycles. The van der Waals surface area contributed by atoms with Crippen LogP contribution in [0.5, 0.6) is 0 Å². The first-order chi connectivity index (χ1) is 12.0. The van der Waals surface area contributed by atoms with Crippen LogP contribution in [-0.2, 0) is 11.2 Å². The van der Waals surface area contributed by atoms with E-state index in [1.165, 1.54) is 6.92 Å².